The Bertz CT molecular complexity index is 1610. The van der Waals surface area contributed by atoms with Crippen LogP contribution in [0, 0.1) is 5.92 Å². The average Bonchev–Trinajstić information content (AvgIpc) is 3.50. The van der Waals surface area contributed by atoms with E-state index in [-0.39, 0.29) is 30.4 Å². The Balaban J connectivity index is 1.24. The lowest BCUT2D eigenvalue weighted by atomic mass is 9.83. The maximum absolute atomic E-state index is 14.1. The monoisotopic (exact) mass is 504 g/mol. The summed E-state index contributed by atoms with van der Waals surface area (Å²) < 4.78 is 6.45. The summed E-state index contributed by atoms with van der Waals surface area (Å²) in [5.41, 5.74) is 4.01. The van der Waals surface area contributed by atoms with E-state index in [0.717, 1.165) is 45.4 Å². The number of rotatable bonds is 5. The van der Waals surface area contributed by atoms with E-state index in [0.29, 0.717) is 18.5 Å². The number of carbonyl (C=O) groups excluding carboxylic acids is 2. The summed E-state index contributed by atoms with van der Waals surface area (Å²) in [6.07, 6.45) is 1.09. The average molecular weight is 505 g/mol. The van der Waals surface area contributed by atoms with Gasteiger partial charge < -0.3 is 14.7 Å². The van der Waals surface area contributed by atoms with Crippen molar-refractivity contribution in [2.24, 2.45) is 5.92 Å². The van der Waals surface area contributed by atoms with Crippen molar-refractivity contribution in [2.45, 2.75) is 38.0 Å². The number of benzene rings is 4. The molecular formula is C32H28N2O4. The topological polar surface area (TPSA) is 70.1 Å². The third-order valence-corrected chi connectivity index (χ3v) is 8.34. The number of aliphatic hydroxyl groups excluding tert-OH is 1. The lowest BCUT2D eigenvalue weighted by Crippen LogP contribution is -2.43. The van der Waals surface area contributed by atoms with E-state index < -0.39 is 5.60 Å². The Morgan fingerprint density at radius 3 is 2.55 bits per heavy atom. The molecule has 6 heteroatoms. The summed E-state index contributed by atoms with van der Waals surface area (Å²) in [6.45, 7) is 2.46. The van der Waals surface area contributed by atoms with E-state index in [9.17, 15) is 14.7 Å². The van der Waals surface area contributed by atoms with Crippen LogP contribution in [0.25, 0.3) is 10.8 Å². The number of carbonyl (C=O) groups is 2. The Kier molecular flexibility index (Phi) is 5.18. The molecule has 190 valence electrons. The fourth-order valence-corrected chi connectivity index (χ4v) is 6.65. The SMILES string of the molecule is C[C@@H]1C[C@H](CCO)O[C@@]12C(=O)N(Cc1cccc(N3C(=O)c4cccc5cccc3c45)c1)c1ccccc12. The molecule has 0 unspecified atom stereocenters. The van der Waals surface area contributed by atoms with Gasteiger partial charge in [0.15, 0.2) is 5.60 Å². The number of anilines is 3. The third-order valence-electron chi connectivity index (χ3n) is 8.34. The molecule has 0 aromatic heterocycles. The number of nitrogens with zero attached hydrogens (tertiary/aromatic N) is 2. The second-order valence-corrected chi connectivity index (χ2v) is 10.5. The molecule has 3 aliphatic rings. The number of para-hydroxylation sites is 1. The predicted molar refractivity (Wildman–Crippen MR) is 147 cm³/mol. The Morgan fingerprint density at radius 2 is 1.71 bits per heavy atom. The molecule has 2 amide bonds. The van der Waals surface area contributed by atoms with Crippen LogP contribution in [0.4, 0.5) is 17.1 Å². The number of hydrogen-bond donors (Lipinski definition) is 1. The van der Waals surface area contributed by atoms with Gasteiger partial charge in [0, 0.05) is 29.2 Å². The van der Waals surface area contributed by atoms with Gasteiger partial charge in [0.2, 0.25) is 0 Å². The van der Waals surface area contributed by atoms with Crippen molar-refractivity contribution < 1.29 is 19.4 Å². The normalized spacial score (nSPS) is 23.7. The second-order valence-electron chi connectivity index (χ2n) is 10.5. The van der Waals surface area contributed by atoms with Crippen molar-refractivity contribution in [1.82, 2.24) is 0 Å². The van der Waals surface area contributed by atoms with Gasteiger partial charge >= 0.3 is 0 Å². The molecule has 1 saturated heterocycles. The lowest BCUT2D eigenvalue weighted by molar-refractivity contribution is -0.146. The number of amides is 2. The summed E-state index contributed by atoms with van der Waals surface area (Å²) in [7, 11) is 0. The molecule has 7 rings (SSSR count). The van der Waals surface area contributed by atoms with Crippen LogP contribution in [0.5, 0.6) is 0 Å². The molecule has 0 radical (unpaired) electrons. The molecule has 1 N–H and O–H groups in total. The molecule has 4 aromatic carbocycles. The minimum atomic E-state index is -1.03. The molecular weight excluding hydrogens is 476 g/mol. The first kappa shape index (κ1) is 23.1. The molecule has 0 aliphatic carbocycles. The lowest BCUT2D eigenvalue weighted by Gasteiger charge is -2.28. The molecule has 0 saturated carbocycles. The number of ether oxygens (including phenoxy) is 1. The van der Waals surface area contributed by atoms with Gasteiger partial charge in [0.05, 0.1) is 29.6 Å². The first-order chi connectivity index (χ1) is 18.5. The fraction of sp³-hybridized carbons (Fsp3) is 0.250. The Labute approximate surface area is 221 Å². The fourth-order valence-electron chi connectivity index (χ4n) is 6.65. The minimum absolute atomic E-state index is 0.00903. The van der Waals surface area contributed by atoms with Crippen molar-refractivity contribution in [3.63, 3.8) is 0 Å². The van der Waals surface area contributed by atoms with Crippen molar-refractivity contribution >= 4 is 39.6 Å². The van der Waals surface area contributed by atoms with E-state index >= 15 is 0 Å². The Hall–Kier alpha value is -4.00. The number of fused-ring (bicyclic) bond motifs is 2. The molecule has 1 spiro atoms. The van der Waals surface area contributed by atoms with Gasteiger partial charge in [-0.2, -0.15) is 0 Å². The van der Waals surface area contributed by atoms with Crippen LogP contribution in [0.1, 0.15) is 41.3 Å². The van der Waals surface area contributed by atoms with Crippen LogP contribution in [0.15, 0.2) is 84.9 Å². The van der Waals surface area contributed by atoms with E-state index in [2.05, 4.69) is 6.92 Å². The van der Waals surface area contributed by atoms with Crippen LogP contribution in [0.2, 0.25) is 0 Å². The van der Waals surface area contributed by atoms with Crippen LogP contribution in [-0.2, 0) is 21.7 Å². The first-order valence-corrected chi connectivity index (χ1v) is 13.2. The summed E-state index contributed by atoms with van der Waals surface area (Å²) in [5, 5.41) is 11.5. The molecule has 3 heterocycles. The Morgan fingerprint density at radius 1 is 0.947 bits per heavy atom. The van der Waals surface area contributed by atoms with Crippen LogP contribution < -0.4 is 9.80 Å². The smallest absolute Gasteiger partial charge is 0.264 e. The largest absolute Gasteiger partial charge is 0.396 e. The second kappa shape index (κ2) is 8.51. The van der Waals surface area contributed by atoms with Crippen molar-refractivity contribution in [1.29, 1.82) is 0 Å². The zero-order valence-corrected chi connectivity index (χ0v) is 21.1. The zero-order chi connectivity index (χ0) is 26.0. The number of hydrogen-bond acceptors (Lipinski definition) is 4. The van der Waals surface area contributed by atoms with Crippen molar-refractivity contribution in [3.8, 4) is 0 Å². The molecule has 6 nitrogen and oxygen atoms in total. The van der Waals surface area contributed by atoms with Gasteiger partial charge in [0.1, 0.15) is 0 Å². The standard InChI is InChI=1S/C32H28N2O4/c1-20-17-24(15-16-35)38-32(20)26-12-2-3-13-27(26)33(31(32)37)19-21-7-4-10-23(18-21)34-28-14-6-9-22-8-5-11-25(29(22)28)30(34)36/h2-14,18,20,24,35H,15-17,19H2,1H3/t20-,24+,32+/m1/s1. The third kappa shape index (κ3) is 3.14. The highest BCUT2D eigenvalue weighted by Gasteiger charge is 2.59. The van der Waals surface area contributed by atoms with E-state index in [1.165, 1.54) is 0 Å². The van der Waals surface area contributed by atoms with Crippen molar-refractivity contribution in [3.05, 3.63) is 102 Å². The van der Waals surface area contributed by atoms with E-state index in [1.807, 2.05) is 89.8 Å². The molecule has 0 bridgehead atoms. The maximum atomic E-state index is 14.1. The highest BCUT2D eigenvalue weighted by Crippen LogP contribution is 2.53. The first-order valence-electron chi connectivity index (χ1n) is 13.2. The maximum Gasteiger partial charge on any atom is 0.264 e. The van der Waals surface area contributed by atoms with Crippen molar-refractivity contribution in [2.75, 3.05) is 16.4 Å². The highest BCUT2D eigenvalue weighted by molar-refractivity contribution is 6.27. The predicted octanol–water partition coefficient (Wildman–Crippen LogP) is 5.68. The zero-order valence-electron chi connectivity index (χ0n) is 21.1. The van der Waals surface area contributed by atoms with Gasteiger partial charge in [-0.05, 0) is 54.1 Å². The van der Waals surface area contributed by atoms with Gasteiger partial charge in [-0.1, -0.05) is 61.5 Å². The van der Waals surface area contributed by atoms with E-state index in [1.54, 1.807) is 4.90 Å². The molecule has 38 heavy (non-hydrogen) atoms. The molecule has 4 aromatic rings. The molecule has 3 aliphatic heterocycles. The quantitative estimate of drug-likeness (QED) is 0.380. The molecule has 3 atom stereocenters. The van der Waals surface area contributed by atoms with Crippen LogP contribution in [-0.4, -0.2) is 29.6 Å². The number of aliphatic hydroxyl groups is 1. The van der Waals surface area contributed by atoms with Gasteiger partial charge in [-0.25, -0.2) is 0 Å². The summed E-state index contributed by atoms with van der Waals surface area (Å²) in [5.74, 6) is -0.115. The van der Waals surface area contributed by atoms with Gasteiger partial charge in [-0.3, -0.25) is 14.5 Å². The van der Waals surface area contributed by atoms with Gasteiger partial charge in [-0.15, -0.1) is 0 Å². The van der Waals surface area contributed by atoms with Crippen LogP contribution in [0.3, 0.4) is 0 Å². The summed E-state index contributed by atoms with van der Waals surface area (Å²) in [6, 6.07) is 27.5. The highest BCUT2D eigenvalue weighted by atomic mass is 16.5. The minimum Gasteiger partial charge on any atom is -0.396 e. The molecule has 1 fully saturated rings. The summed E-state index contributed by atoms with van der Waals surface area (Å²) in [4.78, 5) is 31.1. The summed E-state index contributed by atoms with van der Waals surface area (Å²) >= 11 is 0. The van der Waals surface area contributed by atoms with Gasteiger partial charge in [0.25, 0.3) is 11.8 Å². The van der Waals surface area contributed by atoms with Crippen LogP contribution >= 0.6 is 0 Å². The van der Waals surface area contributed by atoms with E-state index in [4.69, 9.17) is 4.74 Å².